The highest BCUT2D eigenvalue weighted by Crippen LogP contribution is 2.28. The molecule has 0 fully saturated rings. The highest BCUT2D eigenvalue weighted by atomic mass is 19.4. The number of rotatable bonds is 4. The van der Waals surface area contributed by atoms with E-state index in [0.717, 1.165) is 6.07 Å². The molecular formula is C8H9F3N2O3. The van der Waals surface area contributed by atoms with Gasteiger partial charge in [-0.25, -0.2) is 0 Å². The number of hydrogen-bond acceptors (Lipinski definition) is 4. The SMILES string of the molecule is N[C@@H](CCC(F)(F)F)c1ccc([N+](=O)[O-])o1. The van der Waals surface area contributed by atoms with Crippen LogP contribution in [0.25, 0.3) is 0 Å². The Kier molecular flexibility index (Phi) is 3.53. The molecule has 0 aliphatic rings. The van der Waals surface area contributed by atoms with Crippen LogP contribution in [0.3, 0.4) is 0 Å². The highest BCUT2D eigenvalue weighted by molar-refractivity contribution is 5.19. The van der Waals surface area contributed by atoms with Crippen molar-refractivity contribution < 1.29 is 22.5 Å². The van der Waals surface area contributed by atoms with E-state index in [1.807, 2.05) is 0 Å². The molecule has 0 saturated heterocycles. The predicted molar refractivity (Wildman–Crippen MR) is 47.6 cm³/mol. The summed E-state index contributed by atoms with van der Waals surface area (Å²) in [5.41, 5.74) is 5.40. The molecule has 1 heterocycles. The second-order valence-electron chi connectivity index (χ2n) is 3.19. The quantitative estimate of drug-likeness (QED) is 0.645. The van der Waals surface area contributed by atoms with Crippen molar-refractivity contribution in [2.75, 3.05) is 0 Å². The first-order chi connectivity index (χ1) is 7.29. The van der Waals surface area contributed by atoms with Gasteiger partial charge >= 0.3 is 12.1 Å². The van der Waals surface area contributed by atoms with Crippen molar-refractivity contribution in [3.05, 3.63) is 28.0 Å². The van der Waals surface area contributed by atoms with Crippen LogP contribution in [0.4, 0.5) is 19.1 Å². The Balaban J connectivity index is 2.59. The highest BCUT2D eigenvalue weighted by Gasteiger charge is 2.28. The van der Waals surface area contributed by atoms with E-state index in [9.17, 15) is 23.3 Å². The van der Waals surface area contributed by atoms with Gasteiger partial charge in [-0.1, -0.05) is 0 Å². The van der Waals surface area contributed by atoms with E-state index in [2.05, 4.69) is 4.42 Å². The third-order valence-corrected chi connectivity index (χ3v) is 1.90. The molecule has 90 valence electrons. The Morgan fingerprint density at radius 2 is 2.12 bits per heavy atom. The van der Waals surface area contributed by atoms with Crippen LogP contribution in [0.1, 0.15) is 24.6 Å². The predicted octanol–water partition coefficient (Wildman–Crippen LogP) is 2.53. The molecule has 1 rings (SSSR count). The molecule has 0 bridgehead atoms. The summed E-state index contributed by atoms with van der Waals surface area (Å²) in [5, 5.41) is 10.2. The summed E-state index contributed by atoms with van der Waals surface area (Å²) in [6.07, 6.45) is -5.72. The maximum Gasteiger partial charge on any atom is 0.433 e. The molecule has 1 aromatic heterocycles. The number of hydrogen-bond donors (Lipinski definition) is 1. The van der Waals surface area contributed by atoms with E-state index in [1.54, 1.807) is 0 Å². The first-order valence-corrected chi connectivity index (χ1v) is 4.36. The van der Waals surface area contributed by atoms with Gasteiger partial charge in [-0.2, -0.15) is 13.2 Å². The smallest absolute Gasteiger partial charge is 0.404 e. The Labute approximate surface area is 88.2 Å². The lowest BCUT2D eigenvalue weighted by Crippen LogP contribution is -2.15. The number of nitro groups is 1. The van der Waals surface area contributed by atoms with Gasteiger partial charge in [-0.3, -0.25) is 10.1 Å². The average Bonchev–Trinajstić information content (AvgIpc) is 2.61. The van der Waals surface area contributed by atoms with E-state index >= 15 is 0 Å². The van der Waals surface area contributed by atoms with Gasteiger partial charge in [0.1, 0.15) is 10.7 Å². The molecule has 8 heteroatoms. The molecule has 1 aromatic rings. The second-order valence-corrected chi connectivity index (χ2v) is 3.19. The van der Waals surface area contributed by atoms with Crippen LogP contribution in [0, 0.1) is 10.1 Å². The number of furan rings is 1. The summed E-state index contributed by atoms with van der Waals surface area (Å²) in [5.74, 6) is -0.548. The average molecular weight is 238 g/mol. The fourth-order valence-electron chi connectivity index (χ4n) is 1.10. The molecule has 2 N–H and O–H groups in total. The molecular weight excluding hydrogens is 229 g/mol. The Hall–Kier alpha value is -1.57. The molecule has 0 amide bonds. The lowest BCUT2D eigenvalue weighted by molar-refractivity contribution is -0.402. The minimum absolute atomic E-state index is 0.0176. The molecule has 1 atom stereocenters. The lowest BCUT2D eigenvalue weighted by atomic mass is 10.1. The summed E-state index contributed by atoms with van der Waals surface area (Å²) in [7, 11) is 0. The molecule has 0 aliphatic heterocycles. The maximum atomic E-state index is 11.9. The fourth-order valence-corrected chi connectivity index (χ4v) is 1.10. The third kappa shape index (κ3) is 3.54. The zero-order valence-electron chi connectivity index (χ0n) is 8.03. The number of halogens is 3. The topological polar surface area (TPSA) is 82.3 Å². The monoisotopic (exact) mass is 238 g/mol. The third-order valence-electron chi connectivity index (χ3n) is 1.90. The Bertz CT molecular complexity index is 375. The summed E-state index contributed by atoms with van der Waals surface area (Å²) < 4.78 is 40.3. The summed E-state index contributed by atoms with van der Waals surface area (Å²) in [6, 6.07) is 1.28. The van der Waals surface area contributed by atoms with E-state index < -0.39 is 29.4 Å². The van der Waals surface area contributed by atoms with Crippen molar-refractivity contribution in [1.82, 2.24) is 0 Å². The Morgan fingerprint density at radius 3 is 2.56 bits per heavy atom. The van der Waals surface area contributed by atoms with Crippen LogP contribution in [0.2, 0.25) is 0 Å². The van der Waals surface area contributed by atoms with E-state index in [1.165, 1.54) is 6.07 Å². The normalized spacial score (nSPS) is 13.8. The van der Waals surface area contributed by atoms with Gasteiger partial charge in [0.05, 0.1) is 12.1 Å². The summed E-state index contributed by atoms with van der Waals surface area (Å²) in [4.78, 5) is 9.47. The molecule has 0 aromatic carbocycles. The van der Waals surface area contributed by atoms with Gasteiger partial charge in [0.2, 0.25) is 0 Å². The van der Waals surface area contributed by atoms with Crippen molar-refractivity contribution in [3.8, 4) is 0 Å². The summed E-state index contributed by atoms with van der Waals surface area (Å²) >= 11 is 0. The molecule has 16 heavy (non-hydrogen) atoms. The van der Waals surface area contributed by atoms with Gasteiger partial charge in [0.25, 0.3) is 0 Å². The fraction of sp³-hybridized carbons (Fsp3) is 0.500. The van der Waals surface area contributed by atoms with Gasteiger partial charge < -0.3 is 10.2 Å². The van der Waals surface area contributed by atoms with Crippen LogP contribution >= 0.6 is 0 Å². The first kappa shape index (κ1) is 12.5. The molecule has 0 aliphatic carbocycles. The maximum absolute atomic E-state index is 11.9. The molecule has 0 spiro atoms. The van der Waals surface area contributed by atoms with Gasteiger partial charge in [0, 0.05) is 6.42 Å². The van der Waals surface area contributed by atoms with Crippen molar-refractivity contribution in [1.29, 1.82) is 0 Å². The molecule has 0 saturated carbocycles. The van der Waals surface area contributed by atoms with E-state index in [0.29, 0.717) is 0 Å². The van der Waals surface area contributed by atoms with Gasteiger partial charge in [-0.15, -0.1) is 0 Å². The van der Waals surface area contributed by atoms with Crippen LogP contribution in [-0.4, -0.2) is 11.1 Å². The van der Waals surface area contributed by atoms with Crippen molar-refractivity contribution in [3.63, 3.8) is 0 Å². The number of nitrogens with two attached hydrogens (primary N) is 1. The lowest BCUT2D eigenvalue weighted by Gasteiger charge is -2.10. The zero-order chi connectivity index (χ0) is 12.3. The number of alkyl halides is 3. The minimum Gasteiger partial charge on any atom is -0.404 e. The second kappa shape index (κ2) is 4.52. The standard InChI is InChI=1S/C8H9F3N2O3/c9-8(10,11)4-3-5(12)6-1-2-7(16-6)13(14)15/h1-2,5H,3-4,12H2/t5-/m0/s1. The zero-order valence-corrected chi connectivity index (χ0v) is 8.03. The summed E-state index contributed by atoms with van der Waals surface area (Å²) in [6.45, 7) is 0. The van der Waals surface area contributed by atoms with Crippen LogP contribution in [0.5, 0.6) is 0 Å². The van der Waals surface area contributed by atoms with E-state index in [4.69, 9.17) is 5.73 Å². The van der Waals surface area contributed by atoms with Crippen LogP contribution in [0.15, 0.2) is 16.5 Å². The van der Waals surface area contributed by atoms with Crippen LogP contribution in [-0.2, 0) is 0 Å². The van der Waals surface area contributed by atoms with Crippen LogP contribution < -0.4 is 5.73 Å². The minimum atomic E-state index is -4.30. The number of nitrogens with zero attached hydrogens (tertiary/aromatic N) is 1. The largest absolute Gasteiger partial charge is 0.433 e. The van der Waals surface area contributed by atoms with Crippen molar-refractivity contribution in [2.24, 2.45) is 5.73 Å². The van der Waals surface area contributed by atoms with Crippen molar-refractivity contribution >= 4 is 5.88 Å². The molecule has 0 radical (unpaired) electrons. The first-order valence-electron chi connectivity index (χ1n) is 4.36. The molecule has 5 nitrogen and oxygen atoms in total. The van der Waals surface area contributed by atoms with Crippen molar-refractivity contribution in [2.45, 2.75) is 25.1 Å². The van der Waals surface area contributed by atoms with Gasteiger partial charge in [-0.05, 0) is 12.5 Å². The van der Waals surface area contributed by atoms with E-state index in [-0.39, 0.29) is 12.2 Å². The Morgan fingerprint density at radius 1 is 1.50 bits per heavy atom. The van der Waals surface area contributed by atoms with Gasteiger partial charge in [0.15, 0.2) is 0 Å². The molecule has 0 unspecified atom stereocenters.